The largest absolute Gasteiger partial charge is 0.347 e. The fraction of sp³-hybridized carbons (Fsp3) is 0.500. The lowest BCUT2D eigenvalue weighted by Crippen LogP contribution is -2.32. The highest BCUT2D eigenvalue weighted by molar-refractivity contribution is 8.14. The molecule has 2 aliphatic heterocycles. The molecule has 2 nitrogen and oxygen atoms in total. The molecule has 0 aliphatic carbocycles. The Morgan fingerprint density at radius 1 is 1.43 bits per heavy atom. The second-order valence-corrected chi connectivity index (χ2v) is 5.62. The predicted molar refractivity (Wildman–Crippen MR) is 63.2 cm³/mol. The zero-order valence-corrected chi connectivity index (χ0v) is 9.53. The summed E-state index contributed by atoms with van der Waals surface area (Å²) in [6, 6.07) is 2.26. The van der Waals surface area contributed by atoms with Gasteiger partial charge in [0.1, 0.15) is 0 Å². The van der Waals surface area contributed by atoms with Gasteiger partial charge in [0, 0.05) is 23.7 Å². The molecule has 0 aromatic carbocycles. The van der Waals surface area contributed by atoms with Crippen LogP contribution >= 0.6 is 23.1 Å². The Hall–Kier alpha value is -0.480. The third kappa shape index (κ3) is 1.46. The van der Waals surface area contributed by atoms with Gasteiger partial charge in [-0.2, -0.15) is 0 Å². The highest BCUT2D eigenvalue weighted by Gasteiger charge is 2.21. The minimum absolute atomic E-state index is 1.01. The van der Waals surface area contributed by atoms with Crippen LogP contribution in [0.15, 0.2) is 16.4 Å². The van der Waals surface area contributed by atoms with Crippen LogP contribution in [0.25, 0.3) is 0 Å². The van der Waals surface area contributed by atoms with Crippen LogP contribution in [0.5, 0.6) is 0 Å². The van der Waals surface area contributed by atoms with Crippen molar-refractivity contribution >= 4 is 28.3 Å². The van der Waals surface area contributed by atoms with Crippen molar-refractivity contribution in [2.24, 2.45) is 4.99 Å². The fourth-order valence-electron chi connectivity index (χ4n) is 1.93. The number of thioether (sulfide) groups is 1. The van der Waals surface area contributed by atoms with Crippen LogP contribution in [0.3, 0.4) is 0 Å². The molecule has 0 fully saturated rings. The van der Waals surface area contributed by atoms with Crippen molar-refractivity contribution in [1.29, 1.82) is 0 Å². The summed E-state index contributed by atoms with van der Waals surface area (Å²) in [5, 5.41) is 3.47. The highest BCUT2D eigenvalue weighted by atomic mass is 32.2. The van der Waals surface area contributed by atoms with Crippen molar-refractivity contribution in [3.05, 3.63) is 21.9 Å². The number of thiophene rings is 1. The SMILES string of the molecule is c1cc2c(s1)CCN(C1=NCCS1)C2. The van der Waals surface area contributed by atoms with E-state index in [1.54, 1.807) is 4.88 Å². The first kappa shape index (κ1) is 8.80. The topological polar surface area (TPSA) is 15.6 Å². The minimum Gasteiger partial charge on any atom is -0.347 e. The first-order valence-electron chi connectivity index (χ1n) is 4.91. The van der Waals surface area contributed by atoms with Gasteiger partial charge in [0.2, 0.25) is 0 Å². The Labute approximate surface area is 92.0 Å². The van der Waals surface area contributed by atoms with E-state index in [2.05, 4.69) is 21.3 Å². The molecule has 0 amide bonds. The van der Waals surface area contributed by atoms with Gasteiger partial charge in [-0.3, -0.25) is 4.99 Å². The fourth-order valence-corrected chi connectivity index (χ4v) is 3.70. The van der Waals surface area contributed by atoms with Crippen molar-refractivity contribution in [2.75, 3.05) is 18.8 Å². The smallest absolute Gasteiger partial charge is 0.159 e. The average molecular weight is 224 g/mol. The molecule has 2 aliphatic rings. The summed E-state index contributed by atoms with van der Waals surface area (Å²) < 4.78 is 0. The number of nitrogens with zero attached hydrogens (tertiary/aromatic N) is 2. The van der Waals surface area contributed by atoms with Crippen LogP contribution in [0.2, 0.25) is 0 Å². The maximum Gasteiger partial charge on any atom is 0.159 e. The maximum absolute atomic E-state index is 4.53. The Morgan fingerprint density at radius 3 is 3.29 bits per heavy atom. The van der Waals surface area contributed by atoms with E-state index in [1.165, 1.54) is 22.9 Å². The third-order valence-electron chi connectivity index (χ3n) is 2.65. The van der Waals surface area contributed by atoms with E-state index in [4.69, 9.17) is 0 Å². The number of amidine groups is 1. The van der Waals surface area contributed by atoms with Gasteiger partial charge < -0.3 is 4.90 Å². The quantitative estimate of drug-likeness (QED) is 0.671. The molecular formula is C10H12N2S2. The lowest BCUT2D eigenvalue weighted by Gasteiger charge is -2.27. The van der Waals surface area contributed by atoms with Crippen LogP contribution in [0.1, 0.15) is 10.4 Å². The van der Waals surface area contributed by atoms with Gasteiger partial charge in [0.25, 0.3) is 0 Å². The number of fused-ring (bicyclic) bond motifs is 1. The van der Waals surface area contributed by atoms with E-state index in [0.29, 0.717) is 0 Å². The second-order valence-electron chi connectivity index (χ2n) is 3.55. The summed E-state index contributed by atoms with van der Waals surface area (Å²) in [7, 11) is 0. The third-order valence-corrected chi connectivity index (χ3v) is 4.70. The zero-order chi connectivity index (χ0) is 9.38. The van der Waals surface area contributed by atoms with Gasteiger partial charge in [-0.05, 0) is 23.4 Å². The van der Waals surface area contributed by atoms with Crippen LogP contribution in [0, 0.1) is 0 Å². The molecule has 1 aromatic heterocycles. The summed E-state index contributed by atoms with van der Waals surface area (Å²) in [6.45, 7) is 3.23. The van der Waals surface area contributed by atoms with Crippen LogP contribution in [-0.4, -0.2) is 28.9 Å². The second kappa shape index (κ2) is 3.59. The summed E-state index contributed by atoms with van der Waals surface area (Å²) in [5.74, 6) is 1.17. The van der Waals surface area contributed by atoms with Gasteiger partial charge in [-0.25, -0.2) is 0 Å². The van der Waals surface area contributed by atoms with Gasteiger partial charge >= 0.3 is 0 Å². The number of hydrogen-bond acceptors (Lipinski definition) is 4. The predicted octanol–water partition coefficient (Wildman–Crippen LogP) is 2.21. The maximum atomic E-state index is 4.53. The van der Waals surface area contributed by atoms with Gasteiger partial charge in [-0.15, -0.1) is 11.3 Å². The first-order valence-corrected chi connectivity index (χ1v) is 6.77. The molecular weight excluding hydrogens is 212 g/mol. The molecule has 0 spiro atoms. The standard InChI is InChI=1S/C10H12N2S2/c1-4-12(10-11-3-6-14-10)7-8-2-5-13-9(1)8/h2,5H,1,3-4,6-7H2. The molecule has 74 valence electrons. The molecule has 0 radical (unpaired) electrons. The van der Waals surface area contributed by atoms with E-state index in [-0.39, 0.29) is 0 Å². The molecule has 0 unspecified atom stereocenters. The molecule has 3 rings (SSSR count). The van der Waals surface area contributed by atoms with Crippen molar-refractivity contribution in [3.63, 3.8) is 0 Å². The van der Waals surface area contributed by atoms with Crippen molar-refractivity contribution < 1.29 is 0 Å². The molecule has 1 aromatic rings. The van der Waals surface area contributed by atoms with Crippen LogP contribution in [-0.2, 0) is 13.0 Å². The molecule has 0 N–H and O–H groups in total. The molecule has 0 saturated heterocycles. The van der Waals surface area contributed by atoms with Gasteiger partial charge in [0.05, 0.1) is 6.54 Å². The number of rotatable bonds is 0. The average Bonchev–Trinajstić information content (AvgIpc) is 2.88. The summed E-state index contributed by atoms with van der Waals surface area (Å²) in [4.78, 5) is 8.52. The summed E-state index contributed by atoms with van der Waals surface area (Å²) in [5.41, 5.74) is 1.51. The summed E-state index contributed by atoms with van der Waals surface area (Å²) in [6.07, 6.45) is 1.20. The van der Waals surface area contributed by atoms with Crippen molar-refractivity contribution in [3.8, 4) is 0 Å². The van der Waals surface area contributed by atoms with E-state index in [0.717, 1.165) is 19.6 Å². The Balaban J connectivity index is 1.81. The molecule has 14 heavy (non-hydrogen) atoms. The molecule has 3 heterocycles. The van der Waals surface area contributed by atoms with E-state index >= 15 is 0 Å². The molecule has 0 atom stereocenters. The van der Waals surface area contributed by atoms with Crippen molar-refractivity contribution in [2.45, 2.75) is 13.0 Å². The minimum atomic E-state index is 1.01. The van der Waals surface area contributed by atoms with E-state index < -0.39 is 0 Å². The van der Waals surface area contributed by atoms with Crippen LogP contribution in [0.4, 0.5) is 0 Å². The van der Waals surface area contributed by atoms with Crippen molar-refractivity contribution in [1.82, 2.24) is 4.90 Å². The highest BCUT2D eigenvalue weighted by Crippen LogP contribution is 2.27. The summed E-state index contributed by atoms with van der Waals surface area (Å²) >= 11 is 3.80. The van der Waals surface area contributed by atoms with Gasteiger partial charge in [0.15, 0.2) is 5.17 Å². The molecule has 4 heteroatoms. The number of hydrogen-bond donors (Lipinski definition) is 0. The first-order chi connectivity index (χ1) is 6.93. The van der Waals surface area contributed by atoms with E-state index in [9.17, 15) is 0 Å². The Kier molecular flexibility index (Phi) is 2.25. The lowest BCUT2D eigenvalue weighted by molar-refractivity contribution is 0.405. The van der Waals surface area contributed by atoms with Gasteiger partial charge in [-0.1, -0.05) is 11.8 Å². The zero-order valence-electron chi connectivity index (χ0n) is 7.90. The normalized spacial score (nSPS) is 20.9. The monoisotopic (exact) mass is 224 g/mol. The molecule has 0 bridgehead atoms. The Morgan fingerprint density at radius 2 is 2.43 bits per heavy atom. The Bertz CT molecular complexity index is 370. The van der Waals surface area contributed by atoms with Crippen LogP contribution < -0.4 is 0 Å². The number of aliphatic imine (C=N–C) groups is 1. The molecule has 0 saturated carbocycles. The lowest BCUT2D eigenvalue weighted by atomic mass is 10.1. The van der Waals surface area contributed by atoms with E-state index in [1.807, 2.05) is 23.1 Å².